The summed E-state index contributed by atoms with van der Waals surface area (Å²) < 4.78 is 0. The van der Waals surface area contributed by atoms with E-state index in [1.54, 1.807) is 71.9 Å². The first-order valence-electron chi connectivity index (χ1n) is 22.6. The lowest BCUT2D eigenvalue weighted by molar-refractivity contribution is -0.143. The molecule has 0 spiro atoms. The first-order valence-corrected chi connectivity index (χ1v) is 22.6. The van der Waals surface area contributed by atoms with E-state index in [9.17, 15) is 73.2 Å². The minimum atomic E-state index is -1.87. The smallest absolute Gasteiger partial charge is 0.326 e. The van der Waals surface area contributed by atoms with Crippen LogP contribution < -0.4 is 43.0 Å². The molecule has 0 heterocycles. The van der Waals surface area contributed by atoms with E-state index in [1.807, 2.05) is 0 Å². The third-order valence-electron chi connectivity index (χ3n) is 10.5. The number of hydrogen-bond donors (Lipinski definition) is 13. The Bertz CT molecular complexity index is 1950. The predicted molar refractivity (Wildman–Crippen MR) is 246 cm³/mol. The van der Waals surface area contributed by atoms with Crippen LogP contribution in [0.15, 0.2) is 30.3 Å². The van der Waals surface area contributed by atoms with Gasteiger partial charge in [0.15, 0.2) is 5.78 Å². The summed E-state index contributed by atoms with van der Waals surface area (Å²) in [5.41, 5.74) is 6.38. The molecule has 9 atom stereocenters. The summed E-state index contributed by atoms with van der Waals surface area (Å²) in [6, 6.07) is -2.92. The summed E-state index contributed by atoms with van der Waals surface area (Å²) >= 11 is 0. The van der Waals surface area contributed by atoms with Crippen molar-refractivity contribution in [1.82, 2.24) is 37.2 Å². The molecule has 1 aromatic rings. The molecule has 0 aromatic heterocycles. The number of carboxylic acids is 4. The van der Waals surface area contributed by atoms with Crippen LogP contribution in [0.2, 0.25) is 0 Å². The zero-order valence-electron chi connectivity index (χ0n) is 40.0. The highest BCUT2D eigenvalue weighted by atomic mass is 16.4. The normalized spacial score (nSPS) is 15.2. The molecular formula is C45H70N8O16. The van der Waals surface area contributed by atoms with Crippen molar-refractivity contribution in [3.8, 4) is 0 Å². The van der Waals surface area contributed by atoms with E-state index in [0.717, 1.165) is 0 Å². The van der Waals surface area contributed by atoms with Crippen LogP contribution in [-0.2, 0) is 59.2 Å². The van der Waals surface area contributed by atoms with Crippen LogP contribution in [0.1, 0.15) is 99.0 Å². The fraction of sp³-hybridized carbons (Fsp3) is 0.622. The third-order valence-corrected chi connectivity index (χ3v) is 10.5. The SMILES string of the molecule is CC(C)CC(NC(=O)C(N)CCC(=O)O)C(=O)NC(CC(=O)O)C(=O)NC(CC(C)C)C(=O)C(O)CNC(C)C(=O)NC(C(=O)NC(CCC(=O)O)C(=O)NC(Cc1ccccc1)C(=O)O)C(C)C. The van der Waals surface area contributed by atoms with E-state index in [0.29, 0.717) is 5.56 Å². The van der Waals surface area contributed by atoms with E-state index in [4.69, 9.17) is 10.8 Å². The maximum Gasteiger partial charge on any atom is 0.326 e. The van der Waals surface area contributed by atoms with E-state index < -0.39 is 158 Å². The number of amides is 6. The second-order valence-corrected chi connectivity index (χ2v) is 17.9. The van der Waals surface area contributed by atoms with Crippen LogP contribution in [-0.4, -0.2) is 152 Å². The van der Waals surface area contributed by atoms with Crippen molar-refractivity contribution in [3.63, 3.8) is 0 Å². The lowest BCUT2D eigenvalue weighted by Crippen LogP contribution is -2.59. The Kier molecular flexibility index (Phi) is 26.4. The fourth-order valence-corrected chi connectivity index (χ4v) is 6.69. The quantitative estimate of drug-likeness (QED) is 0.0378. The van der Waals surface area contributed by atoms with Crippen molar-refractivity contribution in [3.05, 3.63) is 35.9 Å². The second-order valence-electron chi connectivity index (χ2n) is 17.9. The minimum absolute atomic E-state index is 0.0142. The summed E-state index contributed by atoms with van der Waals surface area (Å²) in [7, 11) is 0. The first-order chi connectivity index (χ1) is 32.1. The summed E-state index contributed by atoms with van der Waals surface area (Å²) in [6.45, 7) is 10.7. The Morgan fingerprint density at radius 3 is 1.54 bits per heavy atom. The molecule has 0 aliphatic rings. The van der Waals surface area contributed by atoms with Crippen molar-refractivity contribution >= 4 is 65.1 Å². The maximum atomic E-state index is 13.6. The molecule has 0 aliphatic heterocycles. The van der Waals surface area contributed by atoms with Gasteiger partial charge in [-0.2, -0.15) is 0 Å². The standard InChI is InChI=1S/C45H70N8O16/c1-22(2)17-29(49-43(66)31(20-36(59)60)51-42(65)30(18-23(3)4)50-40(63)27(46)13-15-34(55)56)38(61)33(54)21-47-25(7)39(62)53-37(24(5)6)44(67)48-28(14-16-35(57)58)41(64)52-32(45(68)69)19-26-11-9-8-10-12-26/h8-12,22-25,27-33,37,47,54H,13-21,46H2,1-7H3,(H,48,67)(H,49,66)(H,50,63)(H,51,65)(H,52,64)(H,53,62)(H,55,56)(H,57,58)(H,59,60)(H,68,69). The summed E-state index contributed by atoms with van der Waals surface area (Å²) in [4.78, 5) is 140. The molecule has 6 amide bonds. The van der Waals surface area contributed by atoms with Gasteiger partial charge >= 0.3 is 23.9 Å². The Morgan fingerprint density at radius 2 is 1.01 bits per heavy atom. The third kappa shape index (κ3) is 23.4. The number of rotatable bonds is 33. The van der Waals surface area contributed by atoms with Gasteiger partial charge in [0.25, 0.3) is 0 Å². The molecule has 14 N–H and O–H groups in total. The molecule has 0 bridgehead atoms. The van der Waals surface area contributed by atoms with Gasteiger partial charge in [0.05, 0.1) is 24.5 Å². The highest BCUT2D eigenvalue weighted by Crippen LogP contribution is 2.12. The van der Waals surface area contributed by atoms with Gasteiger partial charge in [-0.1, -0.05) is 71.9 Å². The monoisotopic (exact) mass is 978 g/mol. The van der Waals surface area contributed by atoms with Gasteiger partial charge in [-0.05, 0) is 55.9 Å². The van der Waals surface area contributed by atoms with Gasteiger partial charge in [-0.25, -0.2) is 4.79 Å². The maximum absolute atomic E-state index is 13.6. The van der Waals surface area contributed by atoms with Crippen LogP contribution in [0.4, 0.5) is 0 Å². The van der Waals surface area contributed by atoms with E-state index in [1.165, 1.54) is 6.92 Å². The first kappa shape index (κ1) is 60.5. The highest BCUT2D eigenvalue weighted by molar-refractivity contribution is 5.98. The summed E-state index contributed by atoms with van der Waals surface area (Å²) in [6.07, 6.45) is -4.66. The van der Waals surface area contributed by atoms with Crippen molar-refractivity contribution < 1.29 is 78.3 Å². The van der Waals surface area contributed by atoms with E-state index >= 15 is 0 Å². The molecule has 0 saturated heterocycles. The number of aliphatic hydroxyl groups excluding tert-OH is 1. The Morgan fingerprint density at radius 1 is 0.536 bits per heavy atom. The molecule has 9 unspecified atom stereocenters. The van der Waals surface area contributed by atoms with Crippen molar-refractivity contribution in [2.24, 2.45) is 23.5 Å². The molecule has 0 radical (unpaired) electrons. The Labute approximate surface area is 400 Å². The molecule has 1 aromatic carbocycles. The number of carboxylic acid groups (broad SMARTS) is 4. The number of aliphatic carboxylic acids is 4. The predicted octanol–water partition coefficient (Wildman–Crippen LogP) is -1.59. The molecule has 386 valence electrons. The van der Waals surface area contributed by atoms with E-state index in [2.05, 4.69) is 37.2 Å². The number of benzene rings is 1. The van der Waals surface area contributed by atoms with Gasteiger partial charge in [-0.3, -0.25) is 47.9 Å². The van der Waals surface area contributed by atoms with Crippen LogP contribution in [0.3, 0.4) is 0 Å². The average Bonchev–Trinajstić information content (AvgIpc) is 3.25. The van der Waals surface area contributed by atoms with Crippen LogP contribution in [0.5, 0.6) is 0 Å². The lowest BCUT2D eigenvalue weighted by Gasteiger charge is -2.28. The van der Waals surface area contributed by atoms with Gasteiger partial charge < -0.3 is 68.5 Å². The number of carbonyl (C=O) groups is 11. The molecule has 1 rings (SSSR count). The topological polar surface area (TPSA) is 399 Å². The number of ketones is 1. The molecule has 69 heavy (non-hydrogen) atoms. The molecule has 0 aliphatic carbocycles. The van der Waals surface area contributed by atoms with Crippen LogP contribution in [0.25, 0.3) is 0 Å². The number of hydrogen-bond acceptors (Lipinski definition) is 14. The van der Waals surface area contributed by atoms with Crippen molar-refractivity contribution in [1.29, 1.82) is 0 Å². The zero-order valence-corrected chi connectivity index (χ0v) is 40.0. The molecular weight excluding hydrogens is 909 g/mol. The molecule has 24 heteroatoms. The average molecular weight is 979 g/mol. The van der Waals surface area contributed by atoms with Gasteiger partial charge in [0.2, 0.25) is 35.4 Å². The van der Waals surface area contributed by atoms with Crippen LogP contribution in [0, 0.1) is 17.8 Å². The number of aliphatic hydroxyl groups is 1. The molecule has 0 saturated carbocycles. The lowest BCUT2D eigenvalue weighted by atomic mass is 9.96. The number of Topliss-reactive ketones (excluding diaryl/α,β-unsaturated/α-hetero) is 1. The Hall–Kier alpha value is -6.53. The number of nitrogens with two attached hydrogens (primary N) is 1. The van der Waals surface area contributed by atoms with Gasteiger partial charge in [0, 0.05) is 25.8 Å². The number of carbonyl (C=O) groups excluding carboxylic acids is 7. The summed E-state index contributed by atoms with van der Waals surface area (Å²) in [5.74, 6) is -13.1. The van der Waals surface area contributed by atoms with Crippen molar-refractivity contribution in [2.75, 3.05) is 6.54 Å². The van der Waals surface area contributed by atoms with Crippen LogP contribution >= 0.6 is 0 Å². The van der Waals surface area contributed by atoms with E-state index in [-0.39, 0.29) is 37.5 Å². The second kappa shape index (κ2) is 30.1. The van der Waals surface area contributed by atoms with Crippen molar-refractivity contribution in [2.45, 2.75) is 154 Å². The number of nitrogens with one attached hydrogen (secondary N) is 7. The largest absolute Gasteiger partial charge is 0.481 e. The molecule has 24 nitrogen and oxygen atoms in total. The Balaban J connectivity index is 3.12. The molecule has 0 fully saturated rings. The highest BCUT2D eigenvalue weighted by Gasteiger charge is 2.36. The van der Waals surface area contributed by atoms with Gasteiger partial charge in [0.1, 0.15) is 36.3 Å². The summed E-state index contributed by atoms with van der Waals surface area (Å²) in [5, 5.41) is 65.7. The zero-order chi connectivity index (χ0) is 52.7. The minimum Gasteiger partial charge on any atom is -0.481 e. The van der Waals surface area contributed by atoms with Gasteiger partial charge in [-0.15, -0.1) is 0 Å². The fourth-order valence-electron chi connectivity index (χ4n) is 6.69.